The first-order valence-electron chi connectivity index (χ1n) is 11.4. The number of aliphatic imine (C=N–C) groups is 1. The second-order valence-electron chi connectivity index (χ2n) is 8.12. The predicted octanol–water partition coefficient (Wildman–Crippen LogP) is 4.58. The summed E-state index contributed by atoms with van der Waals surface area (Å²) in [7, 11) is 3.20. The zero-order chi connectivity index (χ0) is 23.9. The number of amides is 2. The van der Waals surface area contributed by atoms with Gasteiger partial charge in [-0.2, -0.15) is 0 Å². The summed E-state index contributed by atoms with van der Waals surface area (Å²) in [5, 5.41) is 0.487. The van der Waals surface area contributed by atoms with Gasteiger partial charge < -0.3 is 14.4 Å². The van der Waals surface area contributed by atoms with E-state index in [4.69, 9.17) is 9.47 Å². The fourth-order valence-electron chi connectivity index (χ4n) is 3.97. The molecule has 8 heteroatoms. The molecule has 34 heavy (non-hydrogen) atoms. The maximum absolute atomic E-state index is 13.4. The van der Waals surface area contributed by atoms with Gasteiger partial charge in [0.25, 0.3) is 5.91 Å². The smallest absolute Gasteiger partial charge is 0.283 e. The fourth-order valence-corrected chi connectivity index (χ4v) is 4.88. The quantitative estimate of drug-likeness (QED) is 0.567. The van der Waals surface area contributed by atoms with Crippen LogP contribution in [0.2, 0.25) is 0 Å². The standard InChI is InChI=1S/C26H29N3O4S/c1-32-21-12-10-19(11-13-21)16-23-25(31)29(20-8-7-9-22(17-20)33-2)26(27-23)34-18-24(30)28-14-5-3-4-6-15-28/h7-13,16-17H,3-6,14-15,18H2,1-2H3/b23-16-. The molecular formula is C26H29N3O4S. The van der Waals surface area contributed by atoms with Crippen LogP contribution in [0.3, 0.4) is 0 Å². The number of likely N-dealkylation sites (tertiary alicyclic amines) is 1. The Hall–Kier alpha value is -3.26. The van der Waals surface area contributed by atoms with E-state index in [0.29, 0.717) is 22.3 Å². The molecule has 7 nitrogen and oxygen atoms in total. The summed E-state index contributed by atoms with van der Waals surface area (Å²) < 4.78 is 10.6. The third kappa shape index (κ3) is 5.62. The van der Waals surface area contributed by atoms with Crippen molar-refractivity contribution >= 4 is 40.5 Å². The number of amidine groups is 1. The first-order valence-corrected chi connectivity index (χ1v) is 12.4. The highest BCUT2D eigenvalue weighted by Gasteiger charge is 2.33. The lowest BCUT2D eigenvalue weighted by molar-refractivity contribution is -0.128. The Morgan fingerprint density at radius 1 is 1.00 bits per heavy atom. The summed E-state index contributed by atoms with van der Waals surface area (Å²) in [4.78, 5) is 34.4. The van der Waals surface area contributed by atoms with Gasteiger partial charge in [0.15, 0.2) is 5.17 Å². The van der Waals surface area contributed by atoms with Crippen molar-refractivity contribution in [2.45, 2.75) is 25.7 Å². The van der Waals surface area contributed by atoms with E-state index in [0.717, 1.165) is 37.2 Å². The molecule has 1 saturated heterocycles. The van der Waals surface area contributed by atoms with Crippen LogP contribution >= 0.6 is 11.8 Å². The van der Waals surface area contributed by atoms with E-state index in [2.05, 4.69) is 4.99 Å². The molecule has 2 aliphatic rings. The number of anilines is 1. The monoisotopic (exact) mass is 479 g/mol. The lowest BCUT2D eigenvalue weighted by atomic mass is 10.2. The zero-order valence-electron chi connectivity index (χ0n) is 19.5. The van der Waals surface area contributed by atoms with Crippen molar-refractivity contribution in [2.24, 2.45) is 4.99 Å². The minimum Gasteiger partial charge on any atom is -0.497 e. The number of thioether (sulfide) groups is 1. The fraction of sp³-hybridized carbons (Fsp3) is 0.346. The third-order valence-corrected chi connectivity index (χ3v) is 6.77. The molecule has 0 atom stereocenters. The Kier molecular flexibility index (Phi) is 7.90. The normalized spacial score (nSPS) is 17.5. The average Bonchev–Trinajstić information content (AvgIpc) is 3.03. The van der Waals surface area contributed by atoms with Crippen LogP contribution in [-0.4, -0.2) is 54.9 Å². The number of methoxy groups -OCH3 is 2. The van der Waals surface area contributed by atoms with E-state index in [1.54, 1.807) is 31.3 Å². The maximum Gasteiger partial charge on any atom is 0.283 e. The molecule has 0 unspecified atom stereocenters. The average molecular weight is 480 g/mol. The van der Waals surface area contributed by atoms with Gasteiger partial charge in [0.05, 0.1) is 25.7 Å². The van der Waals surface area contributed by atoms with Crippen molar-refractivity contribution in [3.63, 3.8) is 0 Å². The van der Waals surface area contributed by atoms with Crippen LogP contribution in [-0.2, 0) is 9.59 Å². The Balaban J connectivity index is 1.59. The highest BCUT2D eigenvalue weighted by atomic mass is 32.2. The van der Waals surface area contributed by atoms with Gasteiger partial charge in [-0.25, -0.2) is 4.99 Å². The number of rotatable bonds is 6. The Morgan fingerprint density at radius 3 is 2.38 bits per heavy atom. The van der Waals surface area contributed by atoms with Crippen molar-refractivity contribution in [3.8, 4) is 11.5 Å². The van der Waals surface area contributed by atoms with E-state index in [1.165, 1.54) is 24.6 Å². The molecule has 2 heterocycles. The molecule has 2 aromatic carbocycles. The number of hydrogen-bond donors (Lipinski definition) is 0. The topological polar surface area (TPSA) is 71.4 Å². The zero-order valence-corrected chi connectivity index (χ0v) is 20.3. The van der Waals surface area contributed by atoms with Crippen molar-refractivity contribution in [2.75, 3.05) is 38.0 Å². The van der Waals surface area contributed by atoms with E-state index < -0.39 is 0 Å². The number of carbonyl (C=O) groups is 2. The summed E-state index contributed by atoms with van der Waals surface area (Å²) in [6.07, 6.45) is 6.17. The molecule has 1 fully saturated rings. The van der Waals surface area contributed by atoms with E-state index >= 15 is 0 Å². The first kappa shape index (κ1) is 23.9. The SMILES string of the molecule is COc1ccc(/C=C2\N=C(SCC(=O)N3CCCCCC3)N(c3cccc(OC)c3)C2=O)cc1. The van der Waals surface area contributed by atoms with Gasteiger partial charge in [0.2, 0.25) is 5.91 Å². The van der Waals surface area contributed by atoms with Crippen LogP contribution in [0.15, 0.2) is 59.2 Å². The number of nitrogens with zero attached hydrogens (tertiary/aromatic N) is 3. The molecule has 0 spiro atoms. The minimum atomic E-state index is -0.242. The van der Waals surface area contributed by atoms with Gasteiger partial charge in [0.1, 0.15) is 17.2 Å². The van der Waals surface area contributed by atoms with Crippen LogP contribution < -0.4 is 14.4 Å². The molecule has 2 aromatic rings. The first-order chi connectivity index (χ1) is 16.6. The van der Waals surface area contributed by atoms with Crippen molar-refractivity contribution < 1.29 is 19.1 Å². The van der Waals surface area contributed by atoms with Crippen molar-refractivity contribution in [3.05, 3.63) is 59.8 Å². The second-order valence-corrected chi connectivity index (χ2v) is 9.07. The lowest BCUT2D eigenvalue weighted by Crippen LogP contribution is -2.35. The summed E-state index contributed by atoms with van der Waals surface area (Å²) in [6, 6.07) is 14.7. The van der Waals surface area contributed by atoms with Crippen LogP contribution in [0.1, 0.15) is 31.2 Å². The molecule has 0 aliphatic carbocycles. The molecule has 2 aliphatic heterocycles. The predicted molar refractivity (Wildman–Crippen MR) is 136 cm³/mol. The summed E-state index contributed by atoms with van der Waals surface area (Å²) in [6.45, 7) is 1.60. The maximum atomic E-state index is 13.4. The molecule has 2 amide bonds. The highest BCUT2D eigenvalue weighted by Crippen LogP contribution is 2.31. The molecule has 0 N–H and O–H groups in total. The minimum absolute atomic E-state index is 0.0835. The Bertz CT molecular complexity index is 1090. The molecular weight excluding hydrogens is 450 g/mol. The van der Waals surface area contributed by atoms with Crippen LogP contribution in [0, 0.1) is 0 Å². The number of ether oxygens (including phenoxy) is 2. The van der Waals surface area contributed by atoms with E-state index in [-0.39, 0.29) is 17.6 Å². The second kappa shape index (κ2) is 11.2. The van der Waals surface area contributed by atoms with Crippen LogP contribution in [0.4, 0.5) is 5.69 Å². The Morgan fingerprint density at radius 2 is 1.71 bits per heavy atom. The van der Waals surface area contributed by atoms with Crippen molar-refractivity contribution in [1.29, 1.82) is 0 Å². The van der Waals surface area contributed by atoms with Gasteiger partial charge in [0, 0.05) is 19.2 Å². The van der Waals surface area contributed by atoms with Gasteiger partial charge in [-0.15, -0.1) is 0 Å². The number of hydrogen-bond acceptors (Lipinski definition) is 6. The van der Waals surface area contributed by atoms with Crippen LogP contribution in [0.25, 0.3) is 6.08 Å². The summed E-state index contributed by atoms with van der Waals surface area (Å²) in [5.41, 5.74) is 1.80. The van der Waals surface area contributed by atoms with Gasteiger partial charge in [-0.05, 0) is 48.7 Å². The van der Waals surface area contributed by atoms with Gasteiger partial charge in [-0.3, -0.25) is 14.5 Å². The molecule has 0 aromatic heterocycles. The van der Waals surface area contributed by atoms with Gasteiger partial charge >= 0.3 is 0 Å². The molecule has 0 bridgehead atoms. The third-order valence-electron chi connectivity index (χ3n) is 5.84. The summed E-state index contributed by atoms with van der Waals surface area (Å²) >= 11 is 1.30. The molecule has 4 rings (SSSR count). The number of carbonyl (C=O) groups excluding carboxylic acids is 2. The molecule has 0 saturated carbocycles. The Labute approximate surface area is 204 Å². The molecule has 0 radical (unpaired) electrons. The van der Waals surface area contributed by atoms with Crippen molar-refractivity contribution in [1.82, 2.24) is 4.90 Å². The van der Waals surface area contributed by atoms with Crippen LogP contribution in [0.5, 0.6) is 11.5 Å². The van der Waals surface area contributed by atoms with E-state index in [1.807, 2.05) is 47.4 Å². The number of benzene rings is 2. The highest BCUT2D eigenvalue weighted by molar-refractivity contribution is 8.14. The van der Waals surface area contributed by atoms with Gasteiger partial charge in [-0.1, -0.05) is 42.8 Å². The lowest BCUT2D eigenvalue weighted by Gasteiger charge is -2.21. The largest absolute Gasteiger partial charge is 0.497 e. The molecule has 178 valence electrons. The summed E-state index contributed by atoms with van der Waals surface area (Å²) in [5.74, 6) is 1.46. The van der Waals surface area contributed by atoms with E-state index in [9.17, 15) is 9.59 Å².